The quantitative estimate of drug-likeness (QED) is 0.390. The van der Waals surface area contributed by atoms with Gasteiger partial charge in [0, 0.05) is 26.2 Å². The summed E-state index contributed by atoms with van der Waals surface area (Å²) in [5, 5.41) is 6.30. The van der Waals surface area contributed by atoms with Crippen molar-refractivity contribution in [2.45, 2.75) is 45.6 Å². The molecule has 1 fully saturated rings. The molecule has 1 unspecified atom stereocenters. The van der Waals surface area contributed by atoms with Crippen molar-refractivity contribution in [1.29, 1.82) is 0 Å². The first-order valence-electron chi connectivity index (χ1n) is 10.3. The molecule has 1 saturated heterocycles. The maximum atomic E-state index is 13.2. The van der Waals surface area contributed by atoms with Crippen LogP contribution in [0, 0.1) is 12.7 Å². The monoisotopic (exact) mass is 428 g/mol. The van der Waals surface area contributed by atoms with Gasteiger partial charge >= 0.3 is 0 Å². The van der Waals surface area contributed by atoms with Crippen LogP contribution in [-0.2, 0) is 21.2 Å². The fourth-order valence-electron chi connectivity index (χ4n) is 3.14. The summed E-state index contributed by atoms with van der Waals surface area (Å²) in [7, 11) is -3.39. The normalized spacial score (nSPS) is 17.9. The Hall–Kier alpha value is -1.71. The third-order valence-corrected chi connectivity index (χ3v) is 6.10. The van der Waals surface area contributed by atoms with Gasteiger partial charge in [-0.25, -0.2) is 17.5 Å². The molecule has 9 heteroatoms. The summed E-state index contributed by atoms with van der Waals surface area (Å²) in [4.78, 5) is 4.35. The Morgan fingerprint density at radius 2 is 2.14 bits per heavy atom. The van der Waals surface area contributed by atoms with E-state index in [1.165, 1.54) is 12.1 Å². The third kappa shape index (κ3) is 9.10. The molecular formula is C20H33FN4O3S. The molecule has 2 rings (SSSR count). The molecule has 7 nitrogen and oxygen atoms in total. The van der Waals surface area contributed by atoms with Crippen LogP contribution in [-0.4, -0.2) is 59.0 Å². The summed E-state index contributed by atoms with van der Waals surface area (Å²) >= 11 is 0. The van der Waals surface area contributed by atoms with Gasteiger partial charge in [0.25, 0.3) is 0 Å². The minimum atomic E-state index is -3.39. The fraction of sp³-hybridized carbons (Fsp3) is 0.650. The van der Waals surface area contributed by atoms with Gasteiger partial charge in [-0.05, 0) is 62.8 Å². The average molecular weight is 429 g/mol. The van der Waals surface area contributed by atoms with E-state index in [1.54, 1.807) is 6.07 Å². The van der Waals surface area contributed by atoms with Crippen molar-refractivity contribution in [2.75, 3.05) is 38.5 Å². The Morgan fingerprint density at radius 3 is 2.83 bits per heavy atom. The van der Waals surface area contributed by atoms with Gasteiger partial charge in [0.05, 0.1) is 18.4 Å². The lowest BCUT2D eigenvalue weighted by molar-refractivity contribution is 0.0200. The Morgan fingerprint density at radius 1 is 1.31 bits per heavy atom. The van der Waals surface area contributed by atoms with Gasteiger partial charge in [0.15, 0.2) is 5.96 Å². The number of aryl methyl sites for hydroxylation is 1. The van der Waals surface area contributed by atoms with Crippen LogP contribution < -0.4 is 15.4 Å². The van der Waals surface area contributed by atoms with Gasteiger partial charge in [-0.2, -0.15) is 0 Å². The van der Waals surface area contributed by atoms with Crippen LogP contribution in [0.4, 0.5) is 4.39 Å². The Kier molecular flexibility index (Phi) is 9.83. The van der Waals surface area contributed by atoms with Crippen LogP contribution in [0.25, 0.3) is 0 Å². The molecule has 0 radical (unpaired) electrons. The van der Waals surface area contributed by atoms with Gasteiger partial charge in [-0.15, -0.1) is 0 Å². The molecule has 29 heavy (non-hydrogen) atoms. The molecule has 0 aliphatic carbocycles. The van der Waals surface area contributed by atoms with Gasteiger partial charge in [0.2, 0.25) is 10.0 Å². The zero-order valence-corrected chi connectivity index (χ0v) is 18.2. The van der Waals surface area contributed by atoms with E-state index in [0.29, 0.717) is 32.2 Å². The van der Waals surface area contributed by atoms with E-state index in [2.05, 4.69) is 20.3 Å². The zero-order valence-electron chi connectivity index (χ0n) is 17.3. The lowest BCUT2D eigenvalue weighted by Crippen LogP contribution is -2.39. The Balaban J connectivity index is 1.76. The molecule has 0 aromatic heterocycles. The minimum Gasteiger partial charge on any atom is -0.377 e. The number of benzene rings is 1. The van der Waals surface area contributed by atoms with Gasteiger partial charge in [-0.3, -0.25) is 4.99 Å². The predicted octanol–water partition coefficient (Wildman–Crippen LogP) is 1.72. The predicted molar refractivity (Wildman–Crippen MR) is 114 cm³/mol. The topological polar surface area (TPSA) is 91.8 Å². The number of nitrogens with one attached hydrogen (secondary N) is 3. The van der Waals surface area contributed by atoms with Crippen LogP contribution in [0.5, 0.6) is 0 Å². The smallest absolute Gasteiger partial charge is 0.213 e. The lowest BCUT2D eigenvalue weighted by atomic mass is 10.1. The fourth-order valence-corrected chi connectivity index (χ4v) is 4.05. The van der Waals surface area contributed by atoms with E-state index in [0.717, 1.165) is 36.8 Å². The second-order valence-electron chi connectivity index (χ2n) is 7.16. The van der Waals surface area contributed by atoms with Crippen LogP contribution in [0.3, 0.4) is 0 Å². The first-order chi connectivity index (χ1) is 13.9. The number of aliphatic imine (C=N–C) groups is 1. The molecule has 1 aliphatic rings. The summed E-state index contributed by atoms with van der Waals surface area (Å²) in [6, 6.07) is 4.76. The van der Waals surface area contributed by atoms with Crippen molar-refractivity contribution < 1.29 is 17.5 Å². The number of ether oxygens (including phenoxy) is 1. The largest absolute Gasteiger partial charge is 0.377 e. The van der Waals surface area contributed by atoms with E-state index >= 15 is 0 Å². The number of rotatable bonds is 10. The van der Waals surface area contributed by atoms with Crippen molar-refractivity contribution in [1.82, 2.24) is 15.4 Å². The van der Waals surface area contributed by atoms with E-state index in [-0.39, 0.29) is 24.2 Å². The Labute approximate surface area is 173 Å². The molecule has 1 atom stereocenters. The van der Waals surface area contributed by atoms with Crippen molar-refractivity contribution >= 4 is 16.0 Å². The summed E-state index contributed by atoms with van der Waals surface area (Å²) < 4.78 is 45.7. The molecule has 1 aliphatic heterocycles. The molecule has 3 N–H and O–H groups in total. The third-order valence-electron chi connectivity index (χ3n) is 4.77. The van der Waals surface area contributed by atoms with Crippen LogP contribution in [0.2, 0.25) is 0 Å². The Bertz CT molecular complexity index is 765. The van der Waals surface area contributed by atoms with E-state index in [9.17, 15) is 12.8 Å². The van der Waals surface area contributed by atoms with Crippen LogP contribution >= 0.6 is 0 Å². The molecule has 0 spiro atoms. The SMILES string of the molecule is CCNC(=NCCS(=O)(=O)NCC1CCCCO1)NCCc1ccc(F)cc1C. The lowest BCUT2D eigenvalue weighted by Gasteiger charge is -2.22. The van der Waals surface area contributed by atoms with Crippen molar-refractivity contribution in [3.8, 4) is 0 Å². The van der Waals surface area contributed by atoms with Gasteiger partial charge in [0.1, 0.15) is 5.82 Å². The van der Waals surface area contributed by atoms with Gasteiger partial charge < -0.3 is 15.4 Å². The maximum Gasteiger partial charge on any atom is 0.213 e. The van der Waals surface area contributed by atoms with Crippen molar-refractivity contribution in [3.63, 3.8) is 0 Å². The number of guanidine groups is 1. The van der Waals surface area contributed by atoms with E-state index in [4.69, 9.17) is 4.74 Å². The van der Waals surface area contributed by atoms with Crippen LogP contribution in [0.15, 0.2) is 23.2 Å². The standard InChI is InChI=1S/C20H33FN4O3S/c1-3-22-20(23-10-9-17-7-8-18(21)14-16(17)2)24-11-13-29(26,27)25-15-19-6-4-5-12-28-19/h7-8,14,19,25H,3-6,9-13,15H2,1-2H3,(H2,22,23,24). The average Bonchev–Trinajstić information content (AvgIpc) is 2.69. The molecule has 0 amide bonds. The van der Waals surface area contributed by atoms with Crippen molar-refractivity contribution in [3.05, 3.63) is 35.1 Å². The minimum absolute atomic E-state index is 0.0315. The van der Waals surface area contributed by atoms with E-state index in [1.807, 2.05) is 13.8 Å². The molecule has 0 bridgehead atoms. The maximum absolute atomic E-state index is 13.2. The summed E-state index contributed by atoms with van der Waals surface area (Å²) in [6.07, 6.45) is 3.70. The number of hydrogen-bond donors (Lipinski definition) is 3. The molecule has 1 aromatic rings. The second kappa shape index (κ2) is 12.1. The highest BCUT2D eigenvalue weighted by Gasteiger charge is 2.17. The number of hydrogen-bond acceptors (Lipinski definition) is 4. The van der Waals surface area contributed by atoms with Gasteiger partial charge in [-0.1, -0.05) is 6.07 Å². The van der Waals surface area contributed by atoms with E-state index < -0.39 is 10.0 Å². The summed E-state index contributed by atoms with van der Waals surface area (Å²) in [6.45, 7) is 6.30. The molecule has 0 saturated carbocycles. The second-order valence-corrected chi connectivity index (χ2v) is 9.09. The summed E-state index contributed by atoms with van der Waals surface area (Å²) in [5.74, 6) is 0.255. The molecule has 1 aromatic carbocycles. The number of nitrogens with zero attached hydrogens (tertiary/aromatic N) is 1. The molecular weight excluding hydrogens is 395 g/mol. The highest BCUT2D eigenvalue weighted by Crippen LogP contribution is 2.12. The highest BCUT2D eigenvalue weighted by molar-refractivity contribution is 7.89. The summed E-state index contributed by atoms with van der Waals surface area (Å²) in [5.41, 5.74) is 1.97. The molecule has 1 heterocycles. The first kappa shape index (κ1) is 23.6. The zero-order chi connectivity index (χ0) is 21.1. The van der Waals surface area contributed by atoms with Crippen LogP contribution in [0.1, 0.15) is 37.3 Å². The number of sulfonamides is 1. The highest BCUT2D eigenvalue weighted by atomic mass is 32.2. The molecule has 164 valence electrons. The first-order valence-corrected chi connectivity index (χ1v) is 11.9. The number of halogens is 1. The van der Waals surface area contributed by atoms with Crippen molar-refractivity contribution in [2.24, 2.45) is 4.99 Å².